The van der Waals surface area contributed by atoms with E-state index in [0.717, 1.165) is 5.39 Å². The third-order valence-electron chi connectivity index (χ3n) is 3.73. The Morgan fingerprint density at radius 3 is 2.68 bits per heavy atom. The van der Waals surface area contributed by atoms with Crippen molar-refractivity contribution in [2.45, 2.75) is 0 Å². The molecule has 0 aliphatic carbocycles. The van der Waals surface area contributed by atoms with Gasteiger partial charge in [-0.25, -0.2) is 4.79 Å². The summed E-state index contributed by atoms with van der Waals surface area (Å²) < 4.78 is 10.7. The minimum absolute atomic E-state index is 0.0385. The highest BCUT2D eigenvalue weighted by molar-refractivity contribution is 5.97. The number of hydrogen-bond acceptors (Lipinski definition) is 6. The van der Waals surface area contributed by atoms with Crippen molar-refractivity contribution >= 4 is 33.5 Å². The second-order valence-electron chi connectivity index (χ2n) is 5.28. The minimum Gasteiger partial charge on any atom is -0.449 e. The molecule has 0 bridgehead atoms. The van der Waals surface area contributed by atoms with Gasteiger partial charge in [-0.1, -0.05) is 24.3 Å². The van der Waals surface area contributed by atoms with Crippen molar-refractivity contribution in [3.05, 3.63) is 76.7 Å². The number of para-hydroxylation sites is 1. The van der Waals surface area contributed by atoms with E-state index >= 15 is 0 Å². The largest absolute Gasteiger partial charge is 0.449 e. The van der Waals surface area contributed by atoms with Gasteiger partial charge < -0.3 is 9.15 Å². The lowest BCUT2D eigenvalue weighted by atomic mass is 10.2. The van der Waals surface area contributed by atoms with Crippen molar-refractivity contribution in [3.63, 3.8) is 0 Å². The first-order valence-corrected chi connectivity index (χ1v) is 7.36. The van der Waals surface area contributed by atoms with Crippen LogP contribution in [-0.4, -0.2) is 15.9 Å². The summed E-state index contributed by atoms with van der Waals surface area (Å²) in [7, 11) is 0. The Hall–Kier alpha value is -3.74. The predicted molar refractivity (Wildman–Crippen MR) is 89.6 cm³/mol. The lowest BCUT2D eigenvalue weighted by molar-refractivity contribution is -0.385. The van der Waals surface area contributed by atoms with E-state index in [0.29, 0.717) is 11.0 Å². The molecule has 2 aromatic carbocycles. The Balaban J connectivity index is 1.80. The SMILES string of the molecule is O=C(Oc1c([N+](=O)[O-])ccc2cccnc12)c1cc2ccccc2o1. The zero-order valence-electron chi connectivity index (χ0n) is 12.7. The first-order chi connectivity index (χ1) is 12.1. The number of carbonyl (C=O) groups is 1. The molecule has 4 aromatic rings. The number of pyridine rings is 1. The third kappa shape index (κ3) is 2.57. The number of hydrogen-bond donors (Lipinski definition) is 0. The molecule has 0 aliphatic rings. The summed E-state index contributed by atoms with van der Waals surface area (Å²) in [6, 6.07) is 14.9. The van der Waals surface area contributed by atoms with Crippen molar-refractivity contribution in [2.75, 3.05) is 0 Å². The fraction of sp³-hybridized carbons (Fsp3) is 0. The summed E-state index contributed by atoms with van der Waals surface area (Å²) in [5.74, 6) is -1.06. The van der Waals surface area contributed by atoms with E-state index in [1.54, 1.807) is 36.4 Å². The van der Waals surface area contributed by atoms with E-state index in [2.05, 4.69) is 4.98 Å². The molecule has 0 saturated carbocycles. The summed E-state index contributed by atoms with van der Waals surface area (Å²) in [5, 5.41) is 12.6. The summed E-state index contributed by atoms with van der Waals surface area (Å²) >= 11 is 0. The van der Waals surface area contributed by atoms with Gasteiger partial charge in [-0.2, -0.15) is 0 Å². The number of rotatable bonds is 3. The maximum atomic E-state index is 12.4. The molecule has 0 spiro atoms. The van der Waals surface area contributed by atoms with Crippen LogP contribution in [0.5, 0.6) is 5.75 Å². The van der Waals surface area contributed by atoms with Crippen LogP contribution >= 0.6 is 0 Å². The first-order valence-electron chi connectivity index (χ1n) is 7.36. The van der Waals surface area contributed by atoms with E-state index in [1.807, 2.05) is 6.07 Å². The van der Waals surface area contributed by atoms with E-state index in [9.17, 15) is 14.9 Å². The Morgan fingerprint density at radius 2 is 1.88 bits per heavy atom. The van der Waals surface area contributed by atoms with E-state index in [1.165, 1.54) is 18.3 Å². The summed E-state index contributed by atoms with van der Waals surface area (Å²) in [6.45, 7) is 0. The van der Waals surface area contributed by atoms with Gasteiger partial charge in [-0.15, -0.1) is 0 Å². The van der Waals surface area contributed by atoms with Gasteiger partial charge in [0.05, 0.1) is 4.92 Å². The van der Waals surface area contributed by atoms with Crippen LogP contribution in [0.3, 0.4) is 0 Å². The number of fused-ring (bicyclic) bond motifs is 2. The first kappa shape index (κ1) is 14.8. The van der Waals surface area contributed by atoms with Crippen LogP contribution in [0.15, 0.2) is 65.2 Å². The topological polar surface area (TPSA) is 95.5 Å². The Bertz CT molecular complexity index is 1100. The molecule has 0 atom stereocenters. The van der Waals surface area contributed by atoms with Gasteiger partial charge in [0.2, 0.25) is 11.5 Å². The average molecular weight is 334 g/mol. The minimum atomic E-state index is -0.822. The van der Waals surface area contributed by atoms with Crippen LogP contribution in [0.25, 0.3) is 21.9 Å². The quantitative estimate of drug-likeness (QED) is 0.242. The fourth-order valence-electron chi connectivity index (χ4n) is 2.58. The van der Waals surface area contributed by atoms with Gasteiger partial charge in [-0.05, 0) is 24.3 Å². The number of nitro groups is 1. The number of nitro benzene ring substituents is 1. The number of furan rings is 1. The molecular formula is C18H10N2O5. The van der Waals surface area contributed by atoms with Gasteiger partial charge in [-0.3, -0.25) is 15.1 Å². The molecule has 25 heavy (non-hydrogen) atoms. The molecule has 0 aliphatic heterocycles. The molecule has 0 saturated heterocycles. The normalized spacial score (nSPS) is 10.9. The zero-order valence-corrected chi connectivity index (χ0v) is 12.7. The smallest absolute Gasteiger partial charge is 0.379 e. The maximum absolute atomic E-state index is 12.4. The molecule has 2 heterocycles. The van der Waals surface area contributed by atoms with Gasteiger partial charge in [0, 0.05) is 23.0 Å². The number of aromatic nitrogens is 1. The Labute approximate surface area is 140 Å². The number of carbonyl (C=O) groups excluding carboxylic acids is 1. The highest BCUT2D eigenvalue weighted by Crippen LogP contribution is 2.34. The van der Waals surface area contributed by atoms with Crippen LogP contribution in [0.2, 0.25) is 0 Å². The molecule has 7 nitrogen and oxygen atoms in total. The summed E-state index contributed by atoms with van der Waals surface area (Å²) in [5.41, 5.74) is 0.428. The number of ether oxygens (including phenoxy) is 1. The second-order valence-corrected chi connectivity index (χ2v) is 5.28. The van der Waals surface area contributed by atoms with Crippen molar-refractivity contribution in [1.29, 1.82) is 0 Å². The lowest BCUT2D eigenvalue weighted by Gasteiger charge is -2.06. The van der Waals surface area contributed by atoms with Crippen molar-refractivity contribution in [2.24, 2.45) is 0 Å². The standard InChI is InChI=1S/C18H10N2O5/c21-18(15-10-12-4-1-2-6-14(12)24-15)25-17-13(20(22)23)8-7-11-5-3-9-19-16(11)17/h1-10H. The van der Waals surface area contributed by atoms with E-state index in [4.69, 9.17) is 9.15 Å². The molecule has 0 N–H and O–H groups in total. The molecular weight excluding hydrogens is 324 g/mol. The lowest BCUT2D eigenvalue weighted by Crippen LogP contribution is -2.09. The molecule has 0 unspecified atom stereocenters. The molecule has 0 radical (unpaired) electrons. The number of esters is 1. The molecule has 122 valence electrons. The van der Waals surface area contributed by atoms with E-state index in [-0.39, 0.29) is 22.7 Å². The van der Waals surface area contributed by atoms with Crippen LogP contribution < -0.4 is 4.74 Å². The molecule has 0 amide bonds. The molecule has 4 rings (SSSR count). The van der Waals surface area contributed by atoms with Gasteiger partial charge >= 0.3 is 11.7 Å². The van der Waals surface area contributed by atoms with Crippen molar-refractivity contribution in [1.82, 2.24) is 4.98 Å². The van der Waals surface area contributed by atoms with Gasteiger partial charge in [0.25, 0.3) is 0 Å². The monoisotopic (exact) mass is 334 g/mol. The maximum Gasteiger partial charge on any atom is 0.379 e. The highest BCUT2D eigenvalue weighted by atomic mass is 16.6. The van der Waals surface area contributed by atoms with Crippen molar-refractivity contribution < 1.29 is 18.9 Å². The second kappa shape index (κ2) is 5.72. The van der Waals surface area contributed by atoms with Gasteiger partial charge in [0.15, 0.2) is 0 Å². The van der Waals surface area contributed by atoms with Crippen LogP contribution in [0, 0.1) is 10.1 Å². The fourth-order valence-corrected chi connectivity index (χ4v) is 2.58. The van der Waals surface area contributed by atoms with Gasteiger partial charge in [0.1, 0.15) is 11.1 Å². The summed E-state index contributed by atoms with van der Waals surface area (Å²) in [6.07, 6.45) is 1.48. The van der Waals surface area contributed by atoms with E-state index < -0.39 is 10.9 Å². The zero-order chi connectivity index (χ0) is 17.4. The molecule has 2 aromatic heterocycles. The highest BCUT2D eigenvalue weighted by Gasteiger charge is 2.24. The number of benzene rings is 2. The summed E-state index contributed by atoms with van der Waals surface area (Å²) in [4.78, 5) is 27.2. The Morgan fingerprint density at radius 1 is 1.08 bits per heavy atom. The van der Waals surface area contributed by atoms with Crippen LogP contribution in [0.4, 0.5) is 5.69 Å². The predicted octanol–water partition coefficient (Wildman–Crippen LogP) is 4.11. The number of nitrogens with zero attached hydrogens (tertiary/aromatic N) is 2. The molecule has 0 fully saturated rings. The van der Waals surface area contributed by atoms with Crippen LogP contribution in [-0.2, 0) is 0 Å². The Kier molecular flexibility index (Phi) is 3.39. The van der Waals surface area contributed by atoms with Crippen molar-refractivity contribution in [3.8, 4) is 5.75 Å². The van der Waals surface area contributed by atoms with Crippen LogP contribution in [0.1, 0.15) is 10.6 Å². The average Bonchev–Trinajstić information content (AvgIpc) is 3.06. The molecule has 7 heteroatoms. The third-order valence-corrected chi connectivity index (χ3v) is 3.73.